The van der Waals surface area contributed by atoms with Crippen LogP contribution in [0.1, 0.15) is 17.0 Å². The second-order valence-electron chi connectivity index (χ2n) is 10.6. The second-order valence-corrected chi connectivity index (χ2v) is 10.6. The molecule has 3 aliphatic heterocycles. The molecule has 3 aliphatic rings. The van der Waals surface area contributed by atoms with Crippen molar-refractivity contribution in [1.29, 1.82) is 0 Å². The van der Waals surface area contributed by atoms with E-state index < -0.39 is 5.54 Å². The van der Waals surface area contributed by atoms with Gasteiger partial charge in [-0.25, -0.2) is 0 Å². The molecular formula is C35H21N3O+2. The molecular weight excluding hydrogens is 478 g/mol. The fourth-order valence-corrected chi connectivity index (χ4v) is 7.50. The highest BCUT2D eigenvalue weighted by atomic mass is 16.5. The van der Waals surface area contributed by atoms with Crippen LogP contribution in [0.4, 0.5) is 0 Å². The second kappa shape index (κ2) is 6.61. The summed E-state index contributed by atoms with van der Waals surface area (Å²) in [7, 11) is 0. The number of nitrogens with zero attached hydrogens (tertiary/aromatic N) is 3. The predicted molar refractivity (Wildman–Crippen MR) is 150 cm³/mol. The van der Waals surface area contributed by atoms with Gasteiger partial charge >= 0.3 is 11.4 Å². The summed E-state index contributed by atoms with van der Waals surface area (Å²) in [5.41, 5.74) is 8.96. The fraction of sp³-hybridized carbons (Fsp3) is 0.0286. The minimum absolute atomic E-state index is 0.599. The molecule has 5 aromatic carbocycles. The summed E-state index contributed by atoms with van der Waals surface area (Å²) in [6.07, 6.45) is 2.25. The van der Waals surface area contributed by atoms with Crippen LogP contribution in [0.5, 0.6) is 11.5 Å². The summed E-state index contributed by atoms with van der Waals surface area (Å²) in [5.74, 6) is 2.99. The Labute approximate surface area is 224 Å². The fourth-order valence-electron chi connectivity index (χ4n) is 7.50. The molecule has 0 amide bonds. The molecule has 1 atom stereocenters. The molecule has 180 valence electrons. The van der Waals surface area contributed by atoms with Gasteiger partial charge in [0.2, 0.25) is 11.2 Å². The van der Waals surface area contributed by atoms with Gasteiger partial charge in [0, 0.05) is 12.1 Å². The van der Waals surface area contributed by atoms with Gasteiger partial charge < -0.3 is 4.74 Å². The zero-order chi connectivity index (χ0) is 25.3. The van der Waals surface area contributed by atoms with Crippen molar-refractivity contribution in [3.8, 4) is 34.1 Å². The molecule has 0 saturated carbocycles. The lowest BCUT2D eigenvalue weighted by atomic mass is 9.80. The van der Waals surface area contributed by atoms with Crippen LogP contribution >= 0.6 is 0 Å². The number of ether oxygens (including phenoxy) is 1. The number of benzene rings is 5. The molecule has 4 heteroatoms. The van der Waals surface area contributed by atoms with E-state index in [-0.39, 0.29) is 0 Å². The third kappa shape index (κ3) is 2.09. The zero-order valence-electron chi connectivity index (χ0n) is 20.9. The Bertz CT molecular complexity index is 2160. The molecule has 0 N–H and O–H groups in total. The molecule has 0 aliphatic carbocycles. The first-order valence-corrected chi connectivity index (χ1v) is 13.4. The molecule has 0 radical (unpaired) electrons. The van der Waals surface area contributed by atoms with Gasteiger partial charge in [-0.15, -0.1) is 0 Å². The van der Waals surface area contributed by atoms with Crippen molar-refractivity contribution in [2.24, 2.45) is 0 Å². The van der Waals surface area contributed by atoms with E-state index in [0.717, 1.165) is 33.9 Å². The van der Waals surface area contributed by atoms with Crippen LogP contribution in [-0.4, -0.2) is 4.57 Å². The molecule has 4 nitrogen and oxygen atoms in total. The number of rotatable bonds is 1. The first-order chi connectivity index (χ1) is 19.4. The lowest BCUT2D eigenvalue weighted by Crippen LogP contribution is -2.57. The van der Waals surface area contributed by atoms with Gasteiger partial charge in [-0.2, -0.15) is 13.7 Å². The first-order valence-electron chi connectivity index (χ1n) is 13.4. The number of hydrogen-bond acceptors (Lipinski definition) is 1. The van der Waals surface area contributed by atoms with Gasteiger partial charge in [0.1, 0.15) is 5.69 Å². The third-order valence-electron chi connectivity index (χ3n) is 8.81. The normalized spacial score (nSPS) is 17.0. The van der Waals surface area contributed by atoms with Gasteiger partial charge in [-0.1, -0.05) is 66.7 Å². The van der Waals surface area contributed by atoms with Crippen molar-refractivity contribution in [2.75, 3.05) is 0 Å². The maximum Gasteiger partial charge on any atom is 0.352 e. The quantitative estimate of drug-likeness (QED) is 0.234. The van der Waals surface area contributed by atoms with E-state index in [1.807, 2.05) is 0 Å². The van der Waals surface area contributed by atoms with Crippen molar-refractivity contribution in [1.82, 2.24) is 4.57 Å². The van der Waals surface area contributed by atoms with Crippen molar-refractivity contribution in [3.63, 3.8) is 0 Å². The summed E-state index contributed by atoms with van der Waals surface area (Å²) in [6, 6.07) is 43.6. The highest BCUT2D eigenvalue weighted by molar-refractivity contribution is 5.96. The monoisotopic (exact) mass is 499 g/mol. The third-order valence-corrected chi connectivity index (χ3v) is 8.81. The number of aromatic nitrogens is 3. The molecule has 2 aromatic heterocycles. The van der Waals surface area contributed by atoms with Crippen LogP contribution in [0, 0.1) is 0 Å². The topological polar surface area (TPSA) is 21.9 Å². The van der Waals surface area contributed by atoms with E-state index in [1.54, 1.807) is 0 Å². The maximum atomic E-state index is 6.76. The van der Waals surface area contributed by atoms with Crippen LogP contribution in [0.25, 0.3) is 44.4 Å². The Hall–Kier alpha value is -5.22. The molecule has 0 fully saturated rings. The number of hydrogen-bond donors (Lipinski definition) is 0. The first kappa shape index (κ1) is 19.8. The molecule has 0 bridgehead atoms. The van der Waals surface area contributed by atoms with E-state index in [2.05, 4.69) is 141 Å². The van der Waals surface area contributed by atoms with Crippen LogP contribution in [-0.2, 0) is 5.54 Å². The van der Waals surface area contributed by atoms with Crippen LogP contribution in [0.2, 0.25) is 0 Å². The van der Waals surface area contributed by atoms with Crippen molar-refractivity contribution >= 4 is 21.8 Å². The molecule has 7 aromatic rings. The lowest BCUT2D eigenvalue weighted by Gasteiger charge is -2.22. The molecule has 10 rings (SSSR count). The van der Waals surface area contributed by atoms with E-state index in [1.165, 1.54) is 39.0 Å². The molecule has 1 unspecified atom stereocenters. The highest BCUT2D eigenvalue weighted by Gasteiger charge is 2.69. The Morgan fingerprint density at radius 3 is 2.46 bits per heavy atom. The number of pyridine rings is 1. The standard InChI is InChI=1S/C35H21N3O/c1-2-12-23(13-3-1)37-28-18-10-19-29-32(28)38-33-30(39-29)21-22-11-4-5-14-24(22)31(33)35(34(37)38)26-16-7-6-15-25(26)27-17-8-9-20-36(27)35/h1-21H/q+2. The van der Waals surface area contributed by atoms with Crippen molar-refractivity contribution < 1.29 is 13.9 Å². The molecule has 0 saturated heterocycles. The zero-order valence-corrected chi connectivity index (χ0v) is 20.9. The Balaban J connectivity index is 1.55. The summed E-state index contributed by atoms with van der Waals surface area (Å²) in [6.45, 7) is 0. The Morgan fingerprint density at radius 2 is 1.51 bits per heavy atom. The van der Waals surface area contributed by atoms with Gasteiger partial charge in [-0.05, 0) is 53.2 Å². The van der Waals surface area contributed by atoms with Crippen molar-refractivity contribution in [2.45, 2.75) is 5.54 Å². The highest BCUT2D eigenvalue weighted by Crippen LogP contribution is 2.56. The lowest BCUT2D eigenvalue weighted by molar-refractivity contribution is -0.733. The maximum absolute atomic E-state index is 6.76. The average molecular weight is 500 g/mol. The van der Waals surface area contributed by atoms with E-state index in [9.17, 15) is 0 Å². The molecule has 1 spiro atoms. The summed E-state index contributed by atoms with van der Waals surface area (Å²) in [5, 5.41) is 2.43. The number of fused-ring (bicyclic) bond motifs is 9. The minimum atomic E-state index is -0.599. The van der Waals surface area contributed by atoms with Crippen LogP contribution in [0.3, 0.4) is 0 Å². The largest absolute Gasteiger partial charge is 0.448 e. The molecule has 5 heterocycles. The van der Waals surface area contributed by atoms with Gasteiger partial charge in [0.25, 0.3) is 0 Å². The summed E-state index contributed by atoms with van der Waals surface area (Å²) >= 11 is 0. The summed E-state index contributed by atoms with van der Waals surface area (Å²) in [4.78, 5) is 0. The molecule has 39 heavy (non-hydrogen) atoms. The van der Waals surface area contributed by atoms with Gasteiger partial charge in [-0.3, -0.25) is 0 Å². The van der Waals surface area contributed by atoms with E-state index >= 15 is 0 Å². The van der Waals surface area contributed by atoms with Crippen LogP contribution < -0.4 is 13.9 Å². The van der Waals surface area contributed by atoms with Crippen LogP contribution in [0.15, 0.2) is 128 Å². The van der Waals surface area contributed by atoms with Gasteiger partial charge in [0.05, 0.1) is 16.7 Å². The van der Waals surface area contributed by atoms with E-state index in [0.29, 0.717) is 0 Å². The Kier molecular flexibility index (Phi) is 3.36. The SMILES string of the molecule is c1ccc(-n2c3[n+]4c5c(cccc52)Oc2cc5ccccc5c(c2-4)C32c3ccccc3-c3cccc[n+]32)cc1. The summed E-state index contributed by atoms with van der Waals surface area (Å²) < 4.78 is 14.2. The smallest absolute Gasteiger partial charge is 0.352 e. The predicted octanol–water partition coefficient (Wildman–Crippen LogP) is 6.59. The number of para-hydroxylation sites is 2. The average Bonchev–Trinajstić information content (AvgIpc) is 3.60. The van der Waals surface area contributed by atoms with Gasteiger partial charge in [0.15, 0.2) is 28.9 Å². The minimum Gasteiger partial charge on any atom is -0.448 e. The Morgan fingerprint density at radius 1 is 0.692 bits per heavy atom. The number of imidazole rings is 1. The van der Waals surface area contributed by atoms with Crippen molar-refractivity contribution in [3.05, 3.63) is 144 Å². The van der Waals surface area contributed by atoms with E-state index in [4.69, 9.17) is 4.74 Å².